The molecule has 2 aromatic rings. The van der Waals surface area contributed by atoms with E-state index in [9.17, 15) is 0 Å². The quantitative estimate of drug-likeness (QED) is 0.779. The van der Waals surface area contributed by atoms with Crippen molar-refractivity contribution in [2.45, 2.75) is 20.0 Å². The van der Waals surface area contributed by atoms with E-state index in [2.05, 4.69) is 31.7 Å². The monoisotopic (exact) mass is 265 g/mol. The van der Waals surface area contributed by atoms with Crippen LogP contribution in [0.1, 0.15) is 17.1 Å². The average Bonchev–Trinajstić information content (AvgIpc) is 2.99. The first kappa shape index (κ1) is 13.3. The van der Waals surface area contributed by atoms with Crippen LogP contribution in [-0.2, 0) is 17.8 Å². The number of methoxy groups -OCH3 is 1. The third kappa shape index (κ3) is 3.41. The molecule has 2 aromatic heterocycles. The van der Waals surface area contributed by atoms with E-state index in [0.29, 0.717) is 0 Å². The van der Waals surface area contributed by atoms with E-state index in [-0.39, 0.29) is 0 Å². The van der Waals surface area contributed by atoms with Gasteiger partial charge in [-0.3, -0.25) is 0 Å². The van der Waals surface area contributed by atoms with Crippen LogP contribution in [0.2, 0.25) is 0 Å². The number of hydrogen-bond acceptors (Lipinski definition) is 4. The van der Waals surface area contributed by atoms with Gasteiger partial charge in [0.2, 0.25) is 0 Å². The second-order valence-corrected chi connectivity index (χ2v) is 4.96. The Bertz CT molecular complexity index is 465. The maximum atomic E-state index is 5.02. The molecule has 5 heteroatoms. The Morgan fingerprint density at radius 3 is 3.11 bits per heavy atom. The molecule has 0 radical (unpaired) electrons. The topological polar surface area (TPSA) is 39.1 Å². The van der Waals surface area contributed by atoms with Crippen LogP contribution >= 0.6 is 11.3 Å². The first-order valence-electron chi connectivity index (χ1n) is 6.03. The highest BCUT2D eigenvalue weighted by Crippen LogP contribution is 2.12. The summed E-state index contributed by atoms with van der Waals surface area (Å²) in [4.78, 5) is 4.39. The lowest BCUT2D eigenvalue weighted by Crippen LogP contribution is -2.20. The highest BCUT2D eigenvalue weighted by atomic mass is 32.1. The van der Waals surface area contributed by atoms with Gasteiger partial charge in [0.1, 0.15) is 5.82 Å². The molecule has 4 nitrogen and oxygen atoms in total. The Balaban J connectivity index is 1.98. The summed E-state index contributed by atoms with van der Waals surface area (Å²) >= 11 is 1.73. The lowest BCUT2D eigenvalue weighted by molar-refractivity contribution is 0.199. The smallest absolute Gasteiger partial charge is 0.106 e. The van der Waals surface area contributed by atoms with Crippen molar-refractivity contribution in [2.24, 2.45) is 0 Å². The van der Waals surface area contributed by atoms with Gasteiger partial charge in [0, 0.05) is 32.9 Å². The predicted octanol–water partition coefficient (Wildman–Crippen LogP) is 2.04. The molecule has 1 N–H and O–H groups in total. The molecule has 0 aromatic carbocycles. The molecule has 18 heavy (non-hydrogen) atoms. The van der Waals surface area contributed by atoms with Crippen LogP contribution < -0.4 is 5.32 Å². The number of ether oxygens (including phenoxy) is 1. The number of nitrogens with zero attached hydrogens (tertiary/aromatic N) is 2. The fourth-order valence-corrected chi connectivity index (χ4v) is 2.49. The summed E-state index contributed by atoms with van der Waals surface area (Å²) in [5, 5.41) is 7.64. The molecule has 0 amide bonds. The minimum atomic E-state index is 0.734. The van der Waals surface area contributed by atoms with Crippen molar-refractivity contribution in [2.75, 3.05) is 20.3 Å². The van der Waals surface area contributed by atoms with Crippen LogP contribution in [0.15, 0.2) is 23.0 Å². The van der Waals surface area contributed by atoms with Crippen LogP contribution in [0.4, 0.5) is 0 Å². The van der Waals surface area contributed by atoms with E-state index in [1.54, 1.807) is 18.4 Å². The fourth-order valence-electron chi connectivity index (χ4n) is 1.83. The minimum absolute atomic E-state index is 0.734. The number of thiophene rings is 1. The minimum Gasteiger partial charge on any atom is -0.383 e. The number of rotatable bonds is 7. The van der Waals surface area contributed by atoms with Crippen LogP contribution in [0.5, 0.6) is 0 Å². The Kier molecular flexibility index (Phi) is 4.92. The zero-order valence-corrected chi connectivity index (χ0v) is 11.7. The van der Waals surface area contributed by atoms with Gasteiger partial charge in [-0.05, 0) is 29.3 Å². The van der Waals surface area contributed by atoms with Crippen molar-refractivity contribution in [1.82, 2.24) is 14.9 Å². The highest BCUT2D eigenvalue weighted by molar-refractivity contribution is 7.07. The zero-order valence-electron chi connectivity index (χ0n) is 10.8. The molecule has 0 saturated carbocycles. The van der Waals surface area contributed by atoms with Crippen molar-refractivity contribution >= 4 is 11.3 Å². The van der Waals surface area contributed by atoms with E-state index in [0.717, 1.165) is 32.1 Å². The zero-order chi connectivity index (χ0) is 12.8. The van der Waals surface area contributed by atoms with Gasteiger partial charge >= 0.3 is 0 Å². The molecule has 0 atom stereocenters. The molecule has 0 aliphatic carbocycles. The van der Waals surface area contributed by atoms with E-state index in [4.69, 9.17) is 4.74 Å². The van der Waals surface area contributed by atoms with Gasteiger partial charge in [-0.1, -0.05) is 0 Å². The maximum Gasteiger partial charge on any atom is 0.106 e. The fraction of sp³-hybridized carbons (Fsp3) is 0.462. The SMILES string of the molecule is COCCNCc1cnc(C)n1Cc1ccsc1. The molecule has 0 saturated heterocycles. The molecule has 2 heterocycles. The summed E-state index contributed by atoms with van der Waals surface area (Å²) in [5.41, 5.74) is 2.55. The van der Waals surface area contributed by atoms with Gasteiger partial charge in [0.15, 0.2) is 0 Å². The second-order valence-electron chi connectivity index (χ2n) is 4.18. The Morgan fingerprint density at radius 2 is 2.39 bits per heavy atom. The Labute approximate surface area is 112 Å². The second kappa shape index (κ2) is 6.68. The number of aryl methyl sites for hydroxylation is 1. The number of hydrogen-bond donors (Lipinski definition) is 1. The summed E-state index contributed by atoms with van der Waals surface area (Å²) in [7, 11) is 1.71. The number of aromatic nitrogens is 2. The molecule has 0 spiro atoms. The molecule has 0 fully saturated rings. The summed E-state index contributed by atoms with van der Waals surface area (Å²) in [6.45, 7) is 5.37. The van der Waals surface area contributed by atoms with Crippen molar-refractivity contribution in [3.8, 4) is 0 Å². The van der Waals surface area contributed by atoms with Gasteiger partial charge in [0.25, 0.3) is 0 Å². The molecular formula is C13H19N3OS. The van der Waals surface area contributed by atoms with E-state index >= 15 is 0 Å². The van der Waals surface area contributed by atoms with Gasteiger partial charge in [-0.15, -0.1) is 0 Å². The normalized spacial score (nSPS) is 11.0. The molecule has 98 valence electrons. The highest BCUT2D eigenvalue weighted by Gasteiger charge is 2.07. The van der Waals surface area contributed by atoms with Crippen molar-refractivity contribution in [1.29, 1.82) is 0 Å². The van der Waals surface area contributed by atoms with Crippen LogP contribution in [-0.4, -0.2) is 29.8 Å². The largest absolute Gasteiger partial charge is 0.383 e. The van der Waals surface area contributed by atoms with E-state index in [1.807, 2.05) is 13.1 Å². The van der Waals surface area contributed by atoms with E-state index in [1.165, 1.54) is 11.3 Å². The molecule has 0 bridgehead atoms. The van der Waals surface area contributed by atoms with Gasteiger partial charge in [0.05, 0.1) is 12.3 Å². The van der Waals surface area contributed by atoms with Gasteiger partial charge in [-0.25, -0.2) is 4.98 Å². The lowest BCUT2D eigenvalue weighted by Gasteiger charge is -2.10. The summed E-state index contributed by atoms with van der Waals surface area (Å²) in [6.07, 6.45) is 1.95. The van der Waals surface area contributed by atoms with E-state index < -0.39 is 0 Å². The first-order chi connectivity index (χ1) is 8.81. The Hall–Kier alpha value is -1.17. The van der Waals surface area contributed by atoms with Crippen molar-refractivity contribution in [3.63, 3.8) is 0 Å². The van der Waals surface area contributed by atoms with Crippen molar-refractivity contribution < 1.29 is 4.74 Å². The molecular weight excluding hydrogens is 246 g/mol. The number of imidazole rings is 1. The van der Waals surface area contributed by atoms with Crippen molar-refractivity contribution in [3.05, 3.63) is 40.1 Å². The van der Waals surface area contributed by atoms with Gasteiger partial charge in [-0.2, -0.15) is 11.3 Å². The van der Waals surface area contributed by atoms with Crippen LogP contribution in [0.25, 0.3) is 0 Å². The predicted molar refractivity (Wildman–Crippen MR) is 74.0 cm³/mol. The number of nitrogens with one attached hydrogen (secondary N) is 1. The third-order valence-corrected chi connectivity index (χ3v) is 3.58. The third-order valence-electron chi connectivity index (χ3n) is 2.85. The average molecular weight is 265 g/mol. The molecule has 0 unspecified atom stereocenters. The molecule has 0 aliphatic heterocycles. The molecule has 0 aliphatic rings. The lowest BCUT2D eigenvalue weighted by atomic mass is 10.3. The molecule has 2 rings (SSSR count). The Morgan fingerprint density at radius 1 is 1.50 bits per heavy atom. The van der Waals surface area contributed by atoms with Gasteiger partial charge < -0.3 is 14.6 Å². The summed E-state index contributed by atoms with van der Waals surface area (Å²) in [6, 6.07) is 2.16. The maximum absolute atomic E-state index is 5.02. The standard InChI is InChI=1S/C13H19N3OS/c1-11-15-8-13(7-14-4-5-17-2)16(11)9-12-3-6-18-10-12/h3,6,8,10,14H,4-5,7,9H2,1-2H3. The first-order valence-corrected chi connectivity index (χ1v) is 6.97. The summed E-state index contributed by atoms with van der Waals surface area (Å²) in [5.74, 6) is 1.06. The summed E-state index contributed by atoms with van der Waals surface area (Å²) < 4.78 is 7.27. The van der Waals surface area contributed by atoms with Crippen LogP contribution in [0.3, 0.4) is 0 Å². The van der Waals surface area contributed by atoms with Crippen LogP contribution in [0, 0.1) is 6.92 Å².